The van der Waals surface area contributed by atoms with Gasteiger partial charge in [-0.2, -0.15) is 0 Å². The van der Waals surface area contributed by atoms with Gasteiger partial charge in [0, 0.05) is 19.6 Å². The number of nitrogens with two attached hydrogens (primary N) is 1. The monoisotopic (exact) mass is 210 g/mol. The third-order valence-corrected chi connectivity index (χ3v) is 2.28. The summed E-state index contributed by atoms with van der Waals surface area (Å²) in [4.78, 5) is 10.4. The second-order valence-electron chi connectivity index (χ2n) is 3.20. The van der Waals surface area contributed by atoms with E-state index in [0.717, 1.165) is 24.5 Å². The summed E-state index contributed by atoms with van der Waals surface area (Å²) in [6.07, 6.45) is 1.51. The highest BCUT2D eigenvalue weighted by Crippen LogP contribution is 2.22. The van der Waals surface area contributed by atoms with Gasteiger partial charge in [0.2, 0.25) is 5.88 Å². The Bertz CT molecular complexity index is 316. The number of methoxy groups -OCH3 is 1. The summed E-state index contributed by atoms with van der Waals surface area (Å²) in [5, 5.41) is 0. The molecule has 0 aromatic carbocycles. The molecule has 0 amide bonds. The fraction of sp³-hybridized carbons (Fsp3) is 0.600. The fourth-order valence-electron chi connectivity index (χ4n) is 1.52. The molecule has 0 saturated heterocycles. The normalized spacial score (nSPS) is 10.1. The van der Waals surface area contributed by atoms with Crippen molar-refractivity contribution in [2.24, 2.45) is 5.73 Å². The van der Waals surface area contributed by atoms with E-state index in [2.05, 4.69) is 21.8 Å². The molecule has 5 nitrogen and oxygen atoms in total. The molecular formula is C10H18N4O. The highest BCUT2D eigenvalue weighted by atomic mass is 16.5. The third kappa shape index (κ3) is 2.56. The van der Waals surface area contributed by atoms with Gasteiger partial charge in [0.05, 0.1) is 12.7 Å². The Hall–Kier alpha value is -1.36. The highest BCUT2D eigenvalue weighted by molar-refractivity contribution is 5.49. The van der Waals surface area contributed by atoms with E-state index in [1.807, 2.05) is 6.92 Å². The maximum absolute atomic E-state index is 5.55. The molecule has 0 bridgehead atoms. The van der Waals surface area contributed by atoms with Gasteiger partial charge in [-0.15, -0.1) is 0 Å². The number of likely N-dealkylation sites (N-methyl/N-ethyl adjacent to an activating group) is 1. The molecular weight excluding hydrogens is 192 g/mol. The molecule has 0 fully saturated rings. The van der Waals surface area contributed by atoms with Gasteiger partial charge in [-0.1, -0.05) is 0 Å². The van der Waals surface area contributed by atoms with Crippen LogP contribution in [-0.4, -0.2) is 36.7 Å². The van der Waals surface area contributed by atoms with Gasteiger partial charge in [0.1, 0.15) is 12.1 Å². The first-order valence-electron chi connectivity index (χ1n) is 5.05. The van der Waals surface area contributed by atoms with Gasteiger partial charge in [-0.3, -0.25) is 0 Å². The Morgan fingerprint density at radius 2 is 2.20 bits per heavy atom. The molecule has 0 aliphatic carbocycles. The second kappa shape index (κ2) is 5.50. The molecule has 0 unspecified atom stereocenters. The van der Waals surface area contributed by atoms with Crippen molar-refractivity contribution in [3.05, 3.63) is 11.9 Å². The molecule has 0 aliphatic rings. The Kier molecular flexibility index (Phi) is 4.30. The van der Waals surface area contributed by atoms with Crippen LogP contribution in [0.4, 0.5) is 5.82 Å². The first-order chi connectivity index (χ1) is 7.24. The van der Waals surface area contributed by atoms with Crippen molar-refractivity contribution in [2.45, 2.75) is 13.8 Å². The lowest BCUT2D eigenvalue weighted by Crippen LogP contribution is -2.30. The molecule has 0 saturated carbocycles. The van der Waals surface area contributed by atoms with Crippen molar-refractivity contribution in [1.29, 1.82) is 0 Å². The Morgan fingerprint density at radius 3 is 2.73 bits per heavy atom. The van der Waals surface area contributed by atoms with E-state index in [1.54, 1.807) is 7.11 Å². The van der Waals surface area contributed by atoms with E-state index in [1.165, 1.54) is 6.33 Å². The van der Waals surface area contributed by atoms with E-state index >= 15 is 0 Å². The number of ether oxygens (including phenoxy) is 1. The van der Waals surface area contributed by atoms with Gasteiger partial charge in [-0.25, -0.2) is 9.97 Å². The molecule has 0 atom stereocenters. The number of hydrogen-bond donors (Lipinski definition) is 1. The van der Waals surface area contributed by atoms with Crippen molar-refractivity contribution in [3.8, 4) is 5.88 Å². The van der Waals surface area contributed by atoms with Crippen LogP contribution < -0.4 is 15.4 Å². The molecule has 15 heavy (non-hydrogen) atoms. The van der Waals surface area contributed by atoms with Crippen LogP contribution in [0.25, 0.3) is 0 Å². The molecule has 5 heteroatoms. The van der Waals surface area contributed by atoms with Gasteiger partial charge < -0.3 is 15.4 Å². The topological polar surface area (TPSA) is 64.3 Å². The van der Waals surface area contributed by atoms with Crippen molar-refractivity contribution in [3.63, 3.8) is 0 Å². The minimum absolute atomic E-state index is 0.611. The molecule has 2 N–H and O–H groups in total. The van der Waals surface area contributed by atoms with Crippen LogP contribution >= 0.6 is 0 Å². The van der Waals surface area contributed by atoms with E-state index in [0.29, 0.717) is 12.4 Å². The van der Waals surface area contributed by atoms with Gasteiger partial charge in [0.25, 0.3) is 0 Å². The van der Waals surface area contributed by atoms with Crippen molar-refractivity contribution in [2.75, 3.05) is 31.6 Å². The summed E-state index contributed by atoms with van der Waals surface area (Å²) in [7, 11) is 1.61. The summed E-state index contributed by atoms with van der Waals surface area (Å²) >= 11 is 0. The van der Waals surface area contributed by atoms with E-state index in [4.69, 9.17) is 10.5 Å². The maximum Gasteiger partial charge on any atom is 0.221 e. The van der Waals surface area contributed by atoms with Gasteiger partial charge >= 0.3 is 0 Å². The van der Waals surface area contributed by atoms with Crippen LogP contribution in [0.5, 0.6) is 5.88 Å². The quantitative estimate of drug-likeness (QED) is 0.770. The number of nitrogens with zero attached hydrogens (tertiary/aromatic N) is 3. The standard InChI is InChI=1S/C10H18N4O/c1-4-14(6-5-11)9-8(2)10(15-3)13-7-12-9/h7H,4-6,11H2,1-3H3. The summed E-state index contributed by atoms with van der Waals surface area (Å²) < 4.78 is 5.15. The largest absolute Gasteiger partial charge is 0.481 e. The van der Waals surface area contributed by atoms with Gasteiger partial charge in [-0.05, 0) is 13.8 Å². The highest BCUT2D eigenvalue weighted by Gasteiger charge is 2.12. The molecule has 0 spiro atoms. The number of anilines is 1. The summed E-state index contributed by atoms with van der Waals surface area (Å²) in [6, 6.07) is 0. The van der Waals surface area contributed by atoms with Crippen LogP contribution in [0.3, 0.4) is 0 Å². The summed E-state index contributed by atoms with van der Waals surface area (Å²) in [5.74, 6) is 1.52. The zero-order chi connectivity index (χ0) is 11.3. The smallest absolute Gasteiger partial charge is 0.221 e. The van der Waals surface area contributed by atoms with Crippen molar-refractivity contribution in [1.82, 2.24) is 9.97 Å². The van der Waals surface area contributed by atoms with Crippen LogP contribution in [-0.2, 0) is 0 Å². The maximum atomic E-state index is 5.55. The Balaban J connectivity index is 3.01. The fourth-order valence-corrected chi connectivity index (χ4v) is 1.52. The third-order valence-electron chi connectivity index (χ3n) is 2.28. The molecule has 1 heterocycles. The minimum Gasteiger partial charge on any atom is -0.481 e. The molecule has 1 aromatic rings. The Morgan fingerprint density at radius 1 is 1.47 bits per heavy atom. The second-order valence-corrected chi connectivity index (χ2v) is 3.20. The lowest BCUT2D eigenvalue weighted by molar-refractivity contribution is 0.393. The lowest BCUT2D eigenvalue weighted by atomic mass is 10.3. The summed E-state index contributed by atoms with van der Waals surface area (Å²) in [5.41, 5.74) is 6.50. The molecule has 84 valence electrons. The molecule has 0 radical (unpaired) electrons. The Labute approximate surface area is 90.3 Å². The zero-order valence-corrected chi connectivity index (χ0v) is 9.53. The average Bonchev–Trinajstić information content (AvgIpc) is 2.27. The SMILES string of the molecule is CCN(CCN)c1ncnc(OC)c1C. The van der Waals surface area contributed by atoms with Crippen molar-refractivity contribution >= 4 is 5.82 Å². The minimum atomic E-state index is 0.611. The zero-order valence-electron chi connectivity index (χ0n) is 9.53. The van der Waals surface area contributed by atoms with Crippen LogP contribution in [0.1, 0.15) is 12.5 Å². The van der Waals surface area contributed by atoms with Crippen LogP contribution in [0.15, 0.2) is 6.33 Å². The van der Waals surface area contributed by atoms with E-state index < -0.39 is 0 Å². The number of aromatic nitrogens is 2. The predicted molar refractivity (Wildman–Crippen MR) is 60.3 cm³/mol. The van der Waals surface area contributed by atoms with Crippen LogP contribution in [0, 0.1) is 6.92 Å². The molecule has 1 rings (SSSR count). The number of rotatable bonds is 5. The lowest BCUT2D eigenvalue weighted by Gasteiger charge is -2.23. The molecule has 1 aromatic heterocycles. The average molecular weight is 210 g/mol. The predicted octanol–water partition coefficient (Wildman–Crippen LogP) is 0.579. The summed E-state index contributed by atoms with van der Waals surface area (Å²) in [6.45, 7) is 6.30. The first-order valence-corrected chi connectivity index (χ1v) is 5.05. The molecule has 0 aliphatic heterocycles. The van der Waals surface area contributed by atoms with E-state index in [-0.39, 0.29) is 0 Å². The number of hydrogen-bond acceptors (Lipinski definition) is 5. The van der Waals surface area contributed by atoms with Crippen molar-refractivity contribution < 1.29 is 4.74 Å². The van der Waals surface area contributed by atoms with E-state index in [9.17, 15) is 0 Å². The van der Waals surface area contributed by atoms with Crippen LogP contribution in [0.2, 0.25) is 0 Å². The van der Waals surface area contributed by atoms with Gasteiger partial charge in [0.15, 0.2) is 0 Å². The first kappa shape index (κ1) is 11.7.